The number of fused-ring (bicyclic) bond motifs is 1. The summed E-state index contributed by atoms with van der Waals surface area (Å²) >= 11 is 0. The van der Waals surface area contributed by atoms with Crippen molar-refractivity contribution in [3.05, 3.63) is 65.3 Å². The summed E-state index contributed by atoms with van der Waals surface area (Å²) in [4.78, 5) is 16.3. The van der Waals surface area contributed by atoms with Crippen LogP contribution in [0.4, 0.5) is 4.39 Å². The molecule has 0 aliphatic rings. The van der Waals surface area contributed by atoms with Crippen LogP contribution in [0.5, 0.6) is 0 Å². The van der Waals surface area contributed by atoms with Gasteiger partial charge in [-0.3, -0.25) is 4.79 Å². The van der Waals surface area contributed by atoms with Crippen LogP contribution in [-0.4, -0.2) is 10.9 Å². The first-order valence-corrected chi connectivity index (χ1v) is 6.52. The van der Waals surface area contributed by atoms with Crippen molar-refractivity contribution in [2.45, 2.75) is 13.5 Å². The molecule has 3 rings (SSSR count). The van der Waals surface area contributed by atoms with Crippen LogP contribution in [0.3, 0.4) is 0 Å². The number of benzene rings is 2. The molecule has 0 fully saturated rings. The molecule has 0 spiro atoms. The van der Waals surface area contributed by atoms with E-state index in [-0.39, 0.29) is 18.3 Å². The number of hydrogen-bond donors (Lipinski definition) is 1. The van der Waals surface area contributed by atoms with Gasteiger partial charge in [-0.05, 0) is 24.3 Å². The third-order valence-corrected chi connectivity index (χ3v) is 3.15. The minimum atomic E-state index is -0.334. The summed E-state index contributed by atoms with van der Waals surface area (Å²) < 4.78 is 18.9. The summed E-state index contributed by atoms with van der Waals surface area (Å²) in [5.74, 6) is -0.0674. The molecule has 2 aromatic carbocycles. The van der Waals surface area contributed by atoms with Gasteiger partial charge in [0.2, 0.25) is 0 Å². The van der Waals surface area contributed by atoms with Crippen LogP contribution in [0.15, 0.2) is 46.9 Å². The minimum absolute atomic E-state index is 0.138. The van der Waals surface area contributed by atoms with Crippen LogP contribution in [0.1, 0.15) is 21.8 Å². The zero-order chi connectivity index (χ0) is 14.8. The molecule has 1 amide bonds. The first-order chi connectivity index (χ1) is 10.1. The minimum Gasteiger partial charge on any atom is -0.441 e. The van der Waals surface area contributed by atoms with Crippen molar-refractivity contribution >= 4 is 17.0 Å². The summed E-state index contributed by atoms with van der Waals surface area (Å²) in [5, 5.41) is 2.69. The Bertz CT molecular complexity index is 811. The maximum atomic E-state index is 13.5. The first kappa shape index (κ1) is 13.3. The van der Waals surface area contributed by atoms with Gasteiger partial charge in [0.1, 0.15) is 11.3 Å². The number of amides is 1. The van der Waals surface area contributed by atoms with Gasteiger partial charge in [0.05, 0.1) is 0 Å². The fourth-order valence-corrected chi connectivity index (χ4v) is 2.10. The van der Waals surface area contributed by atoms with E-state index in [4.69, 9.17) is 4.42 Å². The van der Waals surface area contributed by atoms with Gasteiger partial charge in [0.25, 0.3) is 5.91 Å². The van der Waals surface area contributed by atoms with Crippen LogP contribution >= 0.6 is 0 Å². The Labute approximate surface area is 120 Å². The first-order valence-electron chi connectivity index (χ1n) is 6.52. The number of halogens is 1. The van der Waals surface area contributed by atoms with Crippen LogP contribution in [0.25, 0.3) is 11.1 Å². The molecule has 0 atom stereocenters. The summed E-state index contributed by atoms with van der Waals surface area (Å²) in [6.45, 7) is 1.89. The Morgan fingerprint density at radius 2 is 2.10 bits per heavy atom. The van der Waals surface area contributed by atoms with E-state index in [0.717, 1.165) is 0 Å². The quantitative estimate of drug-likeness (QED) is 0.803. The average Bonchev–Trinajstić information content (AvgIpc) is 2.85. The highest BCUT2D eigenvalue weighted by Crippen LogP contribution is 2.17. The number of aryl methyl sites for hydroxylation is 1. The van der Waals surface area contributed by atoms with Crippen LogP contribution < -0.4 is 5.32 Å². The van der Waals surface area contributed by atoms with E-state index in [1.165, 1.54) is 6.07 Å². The fourth-order valence-electron chi connectivity index (χ4n) is 2.10. The van der Waals surface area contributed by atoms with E-state index in [0.29, 0.717) is 28.1 Å². The molecule has 106 valence electrons. The lowest BCUT2D eigenvalue weighted by molar-refractivity contribution is 0.0950. The molecule has 0 aliphatic heterocycles. The van der Waals surface area contributed by atoms with Crippen LogP contribution in [-0.2, 0) is 6.54 Å². The molecule has 0 saturated carbocycles. The number of oxazole rings is 1. The van der Waals surface area contributed by atoms with E-state index in [1.54, 1.807) is 43.3 Å². The van der Waals surface area contributed by atoms with Gasteiger partial charge in [-0.2, -0.15) is 0 Å². The standard InChI is InChI=1S/C16H13FN2O2/c1-10-19-14-7-6-11(8-15(14)21-10)16(20)18-9-12-4-2-3-5-13(12)17/h2-8H,9H2,1H3,(H,18,20). The molecule has 0 radical (unpaired) electrons. The molecule has 1 heterocycles. The van der Waals surface area contributed by atoms with Gasteiger partial charge in [-0.25, -0.2) is 9.37 Å². The smallest absolute Gasteiger partial charge is 0.251 e. The van der Waals surface area contributed by atoms with Gasteiger partial charge in [0, 0.05) is 24.6 Å². The van der Waals surface area contributed by atoms with Crippen LogP contribution in [0.2, 0.25) is 0 Å². The van der Waals surface area contributed by atoms with Crippen molar-refractivity contribution < 1.29 is 13.6 Å². The SMILES string of the molecule is Cc1nc2ccc(C(=O)NCc3ccccc3F)cc2o1. The number of aromatic nitrogens is 1. The van der Waals surface area contributed by atoms with Gasteiger partial charge < -0.3 is 9.73 Å². The van der Waals surface area contributed by atoms with E-state index < -0.39 is 0 Å². The summed E-state index contributed by atoms with van der Waals surface area (Å²) in [6, 6.07) is 11.4. The Balaban J connectivity index is 1.76. The van der Waals surface area contributed by atoms with Gasteiger partial charge in [-0.15, -0.1) is 0 Å². The second kappa shape index (κ2) is 5.36. The third kappa shape index (κ3) is 2.76. The molecule has 1 aromatic heterocycles. The summed E-state index contributed by atoms with van der Waals surface area (Å²) in [6.07, 6.45) is 0. The molecular formula is C16H13FN2O2. The Morgan fingerprint density at radius 3 is 2.90 bits per heavy atom. The van der Waals surface area contributed by atoms with E-state index in [2.05, 4.69) is 10.3 Å². The second-order valence-corrected chi connectivity index (χ2v) is 4.69. The lowest BCUT2D eigenvalue weighted by atomic mass is 10.1. The lowest BCUT2D eigenvalue weighted by Gasteiger charge is -2.06. The summed E-state index contributed by atoms with van der Waals surface area (Å²) in [5.41, 5.74) is 2.17. The molecule has 0 bridgehead atoms. The van der Waals surface area contributed by atoms with E-state index in [1.807, 2.05) is 0 Å². The van der Waals surface area contributed by atoms with Crippen molar-refractivity contribution in [3.8, 4) is 0 Å². The van der Waals surface area contributed by atoms with Gasteiger partial charge in [0.15, 0.2) is 11.5 Å². The normalized spacial score (nSPS) is 10.8. The van der Waals surface area contributed by atoms with Crippen LogP contribution in [0, 0.1) is 12.7 Å². The number of nitrogens with one attached hydrogen (secondary N) is 1. The van der Waals surface area contributed by atoms with Gasteiger partial charge in [-0.1, -0.05) is 18.2 Å². The Kier molecular flexibility index (Phi) is 3.39. The van der Waals surface area contributed by atoms with Crippen molar-refractivity contribution in [1.29, 1.82) is 0 Å². The highest BCUT2D eigenvalue weighted by Gasteiger charge is 2.10. The van der Waals surface area contributed by atoms with Crippen molar-refractivity contribution in [3.63, 3.8) is 0 Å². The number of carbonyl (C=O) groups is 1. The predicted molar refractivity (Wildman–Crippen MR) is 76.3 cm³/mol. The van der Waals surface area contributed by atoms with E-state index >= 15 is 0 Å². The molecule has 0 unspecified atom stereocenters. The molecular weight excluding hydrogens is 271 g/mol. The maximum Gasteiger partial charge on any atom is 0.251 e. The fraction of sp³-hybridized carbons (Fsp3) is 0.125. The molecule has 4 nitrogen and oxygen atoms in total. The lowest BCUT2D eigenvalue weighted by Crippen LogP contribution is -2.23. The van der Waals surface area contributed by atoms with E-state index in [9.17, 15) is 9.18 Å². The number of hydrogen-bond acceptors (Lipinski definition) is 3. The van der Waals surface area contributed by atoms with Gasteiger partial charge >= 0.3 is 0 Å². The zero-order valence-corrected chi connectivity index (χ0v) is 11.4. The predicted octanol–water partition coefficient (Wildman–Crippen LogP) is 3.21. The molecule has 0 aliphatic carbocycles. The highest BCUT2D eigenvalue weighted by molar-refractivity contribution is 5.96. The second-order valence-electron chi connectivity index (χ2n) is 4.69. The highest BCUT2D eigenvalue weighted by atomic mass is 19.1. The van der Waals surface area contributed by atoms with Crippen molar-refractivity contribution in [2.75, 3.05) is 0 Å². The largest absolute Gasteiger partial charge is 0.441 e. The zero-order valence-electron chi connectivity index (χ0n) is 11.4. The molecule has 1 N–H and O–H groups in total. The monoisotopic (exact) mass is 284 g/mol. The molecule has 0 saturated heterocycles. The third-order valence-electron chi connectivity index (χ3n) is 3.15. The molecule has 3 aromatic rings. The topological polar surface area (TPSA) is 55.1 Å². The molecule has 5 heteroatoms. The maximum absolute atomic E-state index is 13.5. The number of rotatable bonds is 3. The number of nitrogens with zero attached hydrogens (tertiary/aromatic N) is 1. The summed E-state index contributed by atoms with van der Waals surface area (Å²) in [7, 11) is 0. The Morgan fingerprint density at radius 1 is 1.29 bits per heavy atom. The Hall–Kier alpha value is -2.69. The average molecular weight is 284 g/mol. The molecule has 21 heavy (non-hydrogen) atoms. The van der Waals surface area contributed by atoms with Crippen molar-refractivity contribution in [1.82, 2.24) is 10.3 Å². The number of carbonyl (C=O) groups excluding carboxylic acids is 1. The van der Waals surface area contributed by atoms with Crippen molar-refractivity contribution in [2.24, 2.45) is 0 Å².